The van der Waals surface area contributed by atoms with Gasteiger partial charge in [0.25, 0.3) is 0 Å². The molecule has 0 atom stereocenters. The van der Waals surface area contributed by atoms with E-state index in [2.05, 4.69) is 24.4 Å². The van der Waals surface area contributed by atoms with E-state index in [1.807, 2.05) is 26.0 Å². The maximum absolute atomic E-state index is 11.1. The number of aryl methyl sites for hydroxylation is 1. The third-order valence-electron chi connectivity index (χ3n) is 2.53. The van der Waals surface area contributed by atoms with Gasteiger partial charge < -0.3 is 10.5 Å². The summed E-state index contributed by atoms with van der Waals surface area (Å²) in [7, 11) is 0. The first-order chi connectivity index (χ1) is 10.0. The average molecular weight is 307 g/mol. The van der Waals surface area contributed by atoms with Crippen molar-refractivity contribution in [1.82, 2.24) is 5.32 Å². The van der Waals surface area contributed by atoms with Crippen molar-refractivity contribution in [1.29, 1.82) is 5.41 Å². The number of ether oxygens (including phenoxy) is 1. The van der Waals surface area contributed by atoms with Crippen LogP contribution in [-0.2, 0) is 11.3 Å². The molecule has 0 fully saturated rings. The molecule has 4 N–H and O–H groups in total. The zero-order valence-electron chi connectivity index (χ0n) is 14.5. The van der Waals surface area contributed by atoms with E-state index in [0.717, 1.165) is 0 Å². The molecule has 1 aromatic carbocycles. The molecule has 0 spiro atoms. The minimum Gasteiger partial charge on any atom is -0.444 e. The molecule has 0 aliphatic rings. The molecule has 0 bridgehead atoms. The molecule has 0 radical (unpaired) electrons. The Hall–Kier alpha value is -1.88. The van der Waals surface area contributed by atoms with E-state index in [1.165, 1.54) is 11.1 Å². The van der Waals surface area contributed by atoms with Gasteiger partial charge in [0.2, 0.25) is 0 Å². The van der Waals surface area contributed by atoms with Gasteiger partial charge in [-0.15, -0.1) is 0 Å². The molecule has 1 amide bonds. The summed E-state index contributed by atoms with van der Waals surface area (Å²) in [6, 6.07) is 8.23. The van der Waals surface area contributed by atoms with Crippen molar-refractivity contribution in [2.24, 2.45) is 11.7 Å². The second kappa shape index (κ2) is 9.20. The van der Waals surface area contributed by atoms with Gasteiger partial charge in [0.1, 0.15) is 11.4 Å². The van der Waals surface area contributed by atoms with Crippen LogP contribution in [-0.4, -0.2) is 17.5 Å². The predicted octanol–water partition coefficient (Wildman–Crippen LogP) is 3.60. The van der Waals surface area contributed by atoms with Gasteiger partial charge >= 0.3 is 6.09 Å². The van der Waals surface area contributed by atoms with Crippen LogP contribution in [0.25, 0.3) is 0 Å². The SMILES string of the molecule is CC(C)C(=N)NC(=O)OC(C)(C)C.Cc1cccc(CN)c1. The fraction of sp³-hybridized carbons (Fsp3) is 0.529. The van der Waals surface area contributed by atoms with E-state index < -0.39 is 11.7 Å². The highest BCUT2D eigenvalue weighted by atomic mass is 16.6. The maximum atomic E-state index is 11.1. The molecule has 5 heteroatoms. The summed E-state index contributed by atoms with van der Waals surface area (Å²) in [4.78, 5) is 11.1. The largest absolute Gasteiger partial charge is 0.444 e. The fourth-order valence-electron chi connectivity index (χ4n) is 1.40. The summed E-state index contributed by atoms with van der Waals surface area (Å²) >= 11 is 0. The second-order valence-corrected chi connectivity index (χ2v) is 6.39. The number of amides is 1. The van der Waals surface area contributed by atoms with Crippen molar-refractivity contribution in [3.05, 3.63) is 35.4 Å². The molecule has 0 aliphatic carbocycles. The molecule has 1 rings (SSSR count). The van der Waals surface area contributed by atoms with Crippen LogP contribution >= 0.6 is 0 Å². The Bertz CT molecular complexity index is 491. The Kier molecular flexibility index (Phi) is 8.42. The molecule has 0 heterocycles. The van der Waals surface area contributed by atoms with E-state index in [0.29, 0.717) is 6.54 Å². The van der Waals surface area contributed by atoms with Crippen LogP contribution in [0, 0.1) is 18.3 Å². The van der Waals surface area contributed by atoms with Gasteiger partial charge in [-0.05, 0) is 33.3 Å². The molecule has 0 aromatic heterocycles. The standard InChI is InChI=1S/C9H18N2O2.C8H11N/c1-6(2)7(10)11-8(12)13-9(3,4)5;1-7-3-2-4-8(5-7)6-9/h6H,1-5H3,(H2,10,11,12);2-5H,6,9H2,1H3. The van der Waals surface area contributed by atoms with Crippen LogP contribution in [0.1, 0.15) is 45.7 Å². The number of hydrogen-bond donors (Lipinski definition) is 3. The molecule has 0 aliphatic heterocycles. The molecular formula is C17H29N3O2. The second-order valence-electron chi connectivity index (χ2n) is 6.39. The van der Waals surface area contributed by atoms with Crippen LogP contribution in [0.3, 0.4) is 0 Å². The summed E-state index contributed by atoms with van der Waals surface area (Å²) in [6.45, 7) is 11.7. The van der Waals surface area contributed by atoms with Crippen molar-refractivity contribution in [2.75, 3.05) is 0 Å². The zero-order chi connectivity index (χ0) is 17.3. The first kappa shape index (κ1) is 20.1. The number of benzene rings is 1. The van der Waals surface area contributed by atoms with Gasteiger partial charge in [0, 0.05) is 12.5 Å². The highest BCUT2D eigenvalue weighted by Gasteiger charge is 2.17. The van der Waals surface area contributed by atoms with E-state index in [4.69, 9.17) is 15.9 Å². The molecule has 5 nitrogen and oxygen atoms in total. The Balaban J connectivity index is 0.000000425. The summed E-state index contributed by atoms with van der Waals surface area (Å²) in [5.41, 5.74) is 7.39. The monoisotopic (exact) mass is 307 g/mol. The number of alkyl carbamates (subject to hydrolysis) is 1. The highest BCUT2D eigenvalue weighted by Crippen LogP contribution is 2.06. The number of amidine groups is 1. The predicted molar refractivity (Wildman–Crippen MR) is 91.0 cm³/mol. The number of carbonyl (C=O) groups is 1. The van der Waals surface area contributed by atoms with Gasteiger partial charge in [-0.25, -0.2) is 4.79 Å². The van der Waals surface area contributed by atoms with Crippen LogP contribution in [0.15, 0.2) is 24.3 Å². The van der Waals surface area contributed by atoms with Crippen molar-refractivity contribution < 1.29 is 9.53 Å². The van der Waals surface area contributed by atoms with Crippen molar-refractivity contribution in [3.63, 3.8) is 0 Å². The van der Waals surface area contributed by atoms with Gasteiger partial charge in [-0.3, -0.25) is 10.7 Å². The Morgan fingerprint density at radius 2 is 1.95 bits per heavy atom. The van der Waals surface area contributed by atoms with Crippen molar-refractivity contribution in [3.8, 4) is 0 Å². The zero-order valence-corrected chi connectivity index (χ0v) is 14.5. The summed E-state index contributed by atoms with van der Waals surface area (Å²) < 4.78 is 4.97. The smallest absolute Gasteiger partial charge is 0.413 e. The molecule has 22 heavy (non-hydrogen) atoms. The van der Waals surface area contributed by atoms with E-state index >= 15 is 0 Å². The van der Waals surface area contributed by atoms with Crippen molar-refractivity contribution >= 4 is 11.9 Å². The quantitative estimate of drug-likeness (QED) is 0.576. The number of nitrogens with two attached hydrogens (primary N) is 1. The highest BCUT2D eigenvalue weighted by molar-refractivity contribution is 5.94. The molecular weight excluding hydrogens is 278 g/mol. The Labute approximate surface area is 133 Å². The van der Waals surface area contributed by atoms with E-state index in [1.54, 1.807) is 20.8 Å². The normalized spacial score (nSPS) is 10.5. The fourth-order valence-corrected chi connectivity index (χ4v) is 1.40. The third-order valence-corrected chi connectivity index (χ3v) is 2.53. The first-order valence-corrected chi connectivity index (χ1v) is 7.39. The lowest BCUT2D eigenvalue weighted by Gasteiger charge is -2.20. The lowest BCUT2D eigenvalue weighted by atomic mass is 10.1. The number of carbonyl (C=O) groups excluding carboxylic acids is 1. The van der Waals surface area contributed by atoms with Crippen LogP contribution in [0.5, 0.6) is 0 Å². The van der Waals surface area contributed by atoms with Gasteiger partial charge in [-0.2, -0.15) is 0 Å². The lowest BCUT2D eigenvalue weighted by molar-refractivity contribution is 0.0560. The summed E-state index contributed by atoms with van der Waals surface area (Å²) in [5.74, 6) is 0.182. The minimum absolute atomic E-state index is 0.00696. The maximum Gasteiger partial charge on any atom is 0.413 e. The van der Waals surface area contributed by atoms with Crippen LogP contribution in [0.2, 0.25) is 0 Å². The molecule has 0 saturated heterocycles. The molecule has 124 valence electrons. The van der Waals surface area contributed by atoms with Gasteiger partial charge in [-0.1, -0.05) is 43.7 Å². The van der Waals surface area contributed by atoms with E-state index in [-0.39, 0.29) is 11.8 Å². The topological polar surface area (TPSA) is 88.2 Å². The van der Waals surface area contributed by atoms with Crippen LogP contribution < -0.4 is 11.1 Å². The number of hydrogen-bond acceptors (Lipinski definition) is 4. The molecule has 0 unspecified atom stereocenters. The van der Waals surface area contributed by atoms with E-state index in [9.17, 15) is 4.79 Å². The minimum atomic E-state index is -0.564. The molecule has 0 saturated carbocycles. The summed E-state index contributed by atoms with van der Waals surface area (Å²) in [6.07, 6.45) is -0.564. The molecule has 1 aromatic rings. The average Bonchev–Trinajstić information content (AvgIpc) is 2.36. The summed E-state index contributed by atoms with van der Waals surface area (Å²) in [5, 5.41) is 9.73. The Morgan fingerprint density at radius 1 is 1.36 bits per heavy atom. The van der Waals surface area contributed by atoms with Crippen LogP contribution in [0.4, 0.5) is 4.79 Å². The third kappa shape index (κ3) is 9.94. The van der Waals surface area contributed by atoms with Crippen molar-refractivity contribution in [2.45, 2.75) is 53.7 Å². The van der Waals surface area contributed by atoms with Gasteiger partial charge in [0.15, 0.2) is 0 Å². The van der Waals surface area contributed by atoms with Gasteiger partial charge in [0.05, 0.1) is 0 Å². The lowest BCUT2D eigenvalue weighted by Crippen LogP contribution is -2.37. The first-order valence-electron chi connectivity index (χ1n) is 7.39. The Morgan fingerprint density at radius 3 is 2.32 bits per heavy atom. The number of nitrogens with one attached hydrogen (secondary N) is 2. The number of rotatable bonds is 2.